The Morgan fingerprint density at radius 2 is 1.94 bits per heavy atom. The molecule has 4 heteroatoms. The van der Waals surface area contributed by atoms with Crippen molar-refractivity contribution in [2.75, 3.05) is 0 Å². The molecule has 0 bridgehead atoms. The summed E-state index contributed by atoms with van der Waals surface area (Å²) in [5.74, 6) is 0.0113. The van der Waals surface area contributed by atoms with Crippen LogP contribution in [-0.4, -0.2) is 5.78 Å². The van der Waals surface area contributed by atoms with Crippen molar-refractivity contribution in [2.24, 2.45) is 5.41 Å². The van der Waals surface area contributed by atoms with Crippen molar-refractivity contribution in [1.29, 1.82) is 0 Å². The molecule has 0 radical (unpaired) electrons. The Morgan fingerprint density at radius 3 is 2.41 bits per heavy atom. The van der Waals surface area contributed by atoms with Crippen LogP contribution in [0.15, 0.2) is 24.3 Å². The van der Waals surface area contributed by atoms with Gasteiger partial charge in [-0.3, -0.25) is 4.79 Å². The lowest BCUT2D eigenvalue weighted by molar-refractivity contribution is -0.138. The molecule has 1 unspecified atom stereocenters. The van der Waals surface area contributed by atoms with E-state index >= 15 is 0 Å². The second-order valence-electron chi connectivity index (χ2n) is 5.02. The zero-order chi connectivity index (χ0) is 12.8. The topological polar surface area (TPSA) is 17.1 Å². The molecule has 0 amide bonds. The molecule has 1 fully saturated rings. The van der Waals surface area contributed by atoms with Crippen LogP contribution in [0.1, 0.15) is 37.3 Å². The van der Waals surface area contributed by atoms with Crippen LogP contribution in [0.3, 0.4) is 0 Å². The zero-order valence-corrected chi connectivity index (χ0v) is 9.64. The van der Waals surface area contributed by atoms with Gasteiger partial charge in [-0.2, -0.15) is 13.2 Å². The average molecular weight is 242 g/mol. The van der Waals surface area contributed by atoms with Crippen LogP contribution < -0.4 is 0 Å². The number of hydrogen-bond donors (Lipinski definition) is 0. The van der Waals surface area contributed by atoms with E-state index in [1.54, 1.807) is 19.9 Å². The van der Waals surface area contributed by atoms with Crippen molar-refractivity contribution in [1.82, 2.24) is 0 Å². The summed E-state index contributed by atoms with van der Waals surface area (Å²) in [5.41, 5.74) is -0.584. The number of Topliss-reactive ketones (excluding diaryl/α,β-unsaturated/α-hetero) is 1. The van der Waals surface area contributed by atoms with E-state index in [4.69, 9.17) is 0 Å². The normalized spacial score (nSPS) is 23.4. The zero-order valence-electron chi connectivity index (χ0n) is 9.64. The van der Waals surface area contributed by atoms with E-state index < -0.39 is 17.2 Å². The molecule has 1 saturated carbocycles. The standard InChI is InChI=1S/C13H13F3O/c1-12(2)10(7-11(12)17)8-4-3-5-9(6-8)13(14,15)16/h3-6,10H,7H2,1-2H3. The number of rotatable bonds is 1. The first-order valence-electron chi connectivity index (χ1n) is 5.43. The van der Waals surface area contributed by atoms with Gasteiger partial charge in [0.1, 0.15) is 5.78 Å². The Bertz CT molecular complexity index is 460. The molecule has 92 valence electrons. The minimum absolute atomic E-state index is 0.0997. The van der Waals surface area contributed by atoms with Gasteiger partial charge in [0.2, 0.25) is 0 Å². The number of alkyl halides is 3. The Kier molecular flexibility index (Phi) is 2.56. The van der Waals surface area contributed by atoms with Crippen molar-refractivity contribution < 1.29 is 18.0 Å². The second kappa shape index (κ2) is 3.59. The summed E-state index contributed by atoms with van der Waals surface area (Å²) in [5, 5.41) is 0. The molecule has 0 N–H and O–H groups in total. The first-order valence-corrected chi connectivity index (χ1v) is 5.43. The lowest BCUT2D eigenvalue weighted by atomic mass is 9.59. The summed E-state index contributed by atoms with van der Waals surface area (Å²) in [6.07, 6.45) is -3.98. The summed E-state index contributed by atoms with van der Waals surface area (Å²) < 4.78 is 37.7. The van der Waals surface area contributed by atoms with Gasteiger partial charge in [-0.1, -0.05) is 32.0 Å². The van der Waals surface area contributed by atoms with E-state index in [0.717, 1.165) is 12.1 Å². The summed E-state index contributed by atoms with van der Waals surface area (Å²) >= 11 is 0. The van der Waals surface area contributed by atoms with Gasteiger partial charge in [-0.15, -0.1) is 0 Å². The Balaban J connectivity index is 2.33. The van der Waals surface area contributed by atoms with Gasteiger partial charge in [0.05, 0.1) is 5.56 Å². The van der Waals surface area contributed by atoms with E-state index in [2.05, 4.69) is 0 Å². The number of halogens is 3. The summed E-state index contributed by atoms with van der Waals surface area (Å²) in [4.78, 5) is 11.4. The molecule has 1 aliphatic carbocycles. The number of ketones is 1. The Hall–Kier alpha value is -1.32. The van der Waals surface area contributed by atoms with E-state index in [0.29, 0.717) is 12.0 Å². The first-order chi connectivity index (χ1) is 7.73. The number of carbonyl (C=O) groups excluding carboxylic acids is 1. The SMILES string of the molecule is CC1(C)C(=O)CC1c1cccc(C(F)(F)F)c1. The van der Waals surface area contributed by atoms with E-state index in [-0.39, 0.29) is 11.7 Å². The molecule has 1 aromatic carbocycles. The maximum absolute atomic E-state index is 12.6. The molecule has 0 saturated heterocycles. The number of hydrogen-bond acceptors (Lipinski definition) is 1. The molecule has 0 aromatic heterocycles. The molecule has 1 aliphatic rings. The summed E-state index contributed by atoms with van der Waals surface area (Å²) in [6, 6.07) is 5.26. The van der Waals surface area contributed by atoms with Crippen molar-refractivity contribution in [2.45, 2.75) is 32.4 Å². The molecule has 1 aromatic rings. The molecular formula is C13H13F3O. The molecule has 0 spiro atoms. The minimum Gasteiger partial charge on any atom is -0.299 e. The van der Waals surface area contributed by atoms with E-state index in [1.807, 2.05) is 0 Å². The average Bonchev–Trinajstić information content (AvgIpc) is 2.24. The smallest absolute Gasteiger partial charge is 0.299 e. The van der Waals surface area contributed by atoms with E-state index in [9.17, 15) is 18.0 Å². The predicted octanol–water partition coefficient (Wildman–Crippen LogP) is 3.79. The molecular weight excluding hydrogens is 229 g/mol. The largest absolute Gasteiger partial charge is 0.416 e. The third kappa shape index (κ3) is 1.96. The fourth-order valence-electron chi connectivity index (χ4n) is 2.23. The molecule has 17 heavy (non-hydrogen) atoms. The van der Waals surface area contributed by atoms with Gasteiger partial charge < -0.3 is 0 Å². The first kappa shape index (κ1) is 12.1. The van der Waals surface area contributed by atoms with Crippen LogP contribution in [0.2, 0.25) is 0 Å². The predicted molar refractivity (Wildman–Crippen MR) is 57.6 cm³/mol. The van der Waals surface area contributed by atoms with Gasteiger partial charge in [0.15, 0.2) is 0 Å². The van der Waals surface area contributed by atoms with Crippen LogP contribution >= 0.6 is 0 Å². The quantitative estimate of drug-likeness (QED) is 0.732. The lowest BCUT2D eigenvalue weighted by Crippen LogP contribution is -2.43. The molecule has 1 atom stereocenters. The maximum atomic E-state index is 12.6. The second-order valence-corrected chi connectivity index (χ2v) is 5.02. The Labute approximate surface area is 97.6 Å². The monoisotopic (exact) mass is 242 g/mol. The highest BCUT2D eigenvalue weighted by atomic mass is 19.4. The van der Waals surface area contributed by atoms with Gasteiger partial charge in [0, 0.05) is 17.8 Å². The van der Waals surface area contributed by atoms with Crippen LogP contribution in [-0.2, 0) is 11.0 Å². The molecule has 0 heterocycles. The van der Waals surface area contributed by atoms with Gasteiger partial charge in [-0.05, 0) is 11.6 Å². The molecule has 1 nitrogen and oxygen atoms in total. The fourth-order valence-corrected chi connectivity index (χ4v) is 2.23. The highest BCUT2D eigenvalue weighted by Crippen LogP contribution is 2.49. The van der Waals surface area contributed by atoms with Crippen LogP contribution in [0.5, 0.6) is 0 Å². The Morgan fingerprint density at radius 1 is 1.29 bits per heavy atom. The third-order valence-corrected chi connectivity index (χ3v) is 3.60. The summed E-state index contributed by atoms with van der Waals surface area (Å²) in [7, 11) is 0. The van der Waals surface area contributed by atoms with Crippen LogP contribution in [0.4, 0.5) is 13.2 Å². The van der Waals surface area contributed by atoms with Crippen LogP contribution in [0.25, 0.3) is 0 Å². The molecule has 0 aliphatic heterocycles. The van der Waals surface area contributed by atoms with E-state index in [1.165, 1.54) is 6.07 Å². The molecule has 2 rings (SSSR count). The van der Waals surface area contributed by atoms with Crippen molar-refractivity contribution >= 4 is 5.78 Å². The van der Waals surface area contributed by atoms with Gasteiger partial charge in [0.25, 0.3) is 0 Å². The highest BCUT2D eigenvalue weighted by molar-refractivity contribution is 5.92. The maximum Gasteiger partial charge on any atom is 0.416 e. The lowest BCUT2D eigenvalue weighted by Gasteiger charge is -2.43. The summed E-state index contributed by atoms with van der Waals surface area (Å²) in [6.45, 7) is 3.56. The van der Waals surface area contributed by atoms with Gasteiger partial charge in [-0.25, -0.2) is 0 Å². The minimum atomic E-state index is -4.33. The van der Waals surface area contributed by atoms with Gasteiger partial charge >= 0.3 is 6.18 Å². The number of carbonyl (C=O) groups is 1. The van der Waals surface area contributed by atoms with Crippen molar-refractivity contribution in [3.63, 3.8) is 0 Å². The van der Waals surface area contributed by atoms with Crippen molar-refractivity contribution in [3.8, 4) is 0 Å². The third-order valence-electron chi connectivity index (χ3n) is 3.60. The highest BCUT2D eigenvalue weighted by Gasteiger charge is 2.48. The fraction of sp³-hybridized carbons (Fsp3) is 0.462. The van der Waals surface area contributed by atoms with Crippen LogP contribution in [0, 0.1) is 5.41 Å². The number of benzene rings is 1. The van der Waals surface area contributed by atoms with Crippen molar-refractivity contribution in [3.05, 3.63) is 35.4 Å².